The maximum atomic E-state index is 12.5. The van der Waals surface area contributed by atoms with Gasteiger partial charge in [-0.15, -0.1) is 0 Å². The molecule has 1 saturated carbocycles. The van der Waals surface area contributed by atoms with Gasteiger partial charge in [-0.1, -0.05) is 15.9 Å². The van der Waals surface area contributed by atoms with E-state index in [2.05, 4.69) is 27.3 Å². The first-order valence-corrected chi connectivity index (χ1v) is 8.80. The number of nitrogens with one attached hydrogen (secondary N) is 1. The molecule has 0 heterocycles. The van der Waals surface area contributed by atoms with Gasteiger partial charge >= 0.3 is 0 Å². The van der Waals surface area contributed by atoms with Crippen LogP contribution in [0.5, 0.6) is 5.75 Å². The quantitative estimate of drug-likeness (QED) is 0.679. The van der Waals surface area contributed by atoms with Crippen molar-refractivity contribution in [3.05, 3.63) is 28.2 Å². The lowest BCUT2D eigenvalue weighted by molar-refractivity contribution is -0.132. The first-order valence-electron chi connectivity index (χ1n) is 8.01. The molecule has 5 heteroatoms. The Morgan fingerprint density at radius 2 is 2.23 bits per heavy atom. The lowest BCUT2D eigenvalue weighted by Crippen LogP contribution is -2.33. The number of halogens is 1. The summed E-state index contributed by atoms with van der Waals surface area (Å²) in [5, 5.41) is 3.09. The maximum Gasteiger partial charge on any atom is 0.223 e. The summed E-state index contributed by atoms with van der Waals surface area (Å²) in [5.74, 6) is 1.12. The van der Waals surface area contributed by atoms with Crippen LogP contribution in [-0.2, 0) is 11.3 Å². The van der Waals surface area contributed by atoms with E-state index in [0.29, 0.717) is 25.6 Å². The van der Waals surface area contributed by atoms with Crippen molar-refractivity contribution < 1.29 is 9.53 Å². The van der Waals surface area contributed by atoms with E-state index in [1.165, 1.54) is 0 Å². The molecule has 1 aromatic carbocycles. The van der Waals surface area contributed by atoms with Crippen LogP contribution in [0.3, 0.4) is 0 Å². The molecule has 122 valence electrons. The SMILES string of the molecule is CCOc1ccc(Br)cc1CN(C(=O)CCCNC)C1CC1. The molecule has 0 aromatic heterocycles. The second-order valence-electron chi connectivity index (χ2n) is 5.64. The third-order valence-corrected chi connectivity index (χ3v) is 4.28. The molecule has 0 aliphatic heterocycles. The van der Waals surface area contributed by atoms with Crippen LogP contribution >= 0.6 is 15.9 Å². The topological polar surface area (TPSA) is 41.6 Å². The smallest absolute Gasteiger partial charge is 0.223 e. The van der Waals surface area contributed by atoms with Crippen molar-refractivity contribution in [3.63, 3.8) is 0 Å². The number of hydrogen-bond donors (Lipinski definition) is 1. The Morgan fingerprint density at radius 1 is 1.45 bits per heavy atom. The molecule has 1 amide bonds. The van der Waals surface area contributed by atoms with Gasteiger partial charge in [-0.25, -0.2) is 0 Å². The zero-order valence-electron chi connectivity index (χ0n) is 13.4. The Kier molecular flexibility index (Phi) is 6.70. The van der Waals surface area contributed by atoms with E-state index in [1.807, 2.05) is 31.0 Å². The number of ether oxygens (including phenoxy) is 1. The second-order valence-corrected chi connectivity index (χ2v) is 6.56. The van der Waals surface area contributed by atoms with Crippen molar-refractivity contribution in [2.75, 3.05) is 20.2 Å². The minimum Gasteiger partial charge on any atom is -0.494 e. The molecule has 2 rings (SSSR count). The van der Waals surface area contributed by atoms with Crippen molar-refractivity contribution in [2.45, 2.75) is 45.2 Å². The molecule has 0 atom stereocenters. The average Bonchev–Trinajstić information content (AvgIpc) is 3.32. The summed E-state index contributed by atoms with van der Waals surface area (Å²) in [7, 11) is 1.92. The highest BCUT2D eigenvalue weighted by Gasteiger charge is 2.32. The summed E-state index contributed by atoms with van der Waals surface area (Å²) in [5.41, 5.74) is 1.07. The third kappa shape index (κ3) is 4.99. The first kappa shape index (κ1) is 17.3. The van der Waals surface area contributed by atoms with Gasteiger partial charge in [0.2, 0.25) is 5.91 Å². The minimum absolute atomic E-state index is 0.250. The number of benzene rings is 1. The van der Waals surface area contributed by atoms with Gasteiger partial charge in [-0.3, -0.25) is 4.79 Å². The minimum atomic E-state index is 0.250. The van der Waals surface area contributed by atoms with Crippen molar-refractivity contribution in [3.8, 4) is 5.75 Å². The molecule has 4 nitrogen and oxygen atoms in total. The molecule has 22 heavy (non-hydrogen) atoms. The van der Waals surface area contributed by atoms with Crippen LogP contribution in [0.1, 0.15) is 38.2 Å². The lowest BCUT2D eigenvalue weighted by Gasteiger charge is -2.24. The number of carbonyl (C=O) groups is 1. The van der Waals surface area contributed by atoms with Crippen LogP contribution < -0.4 is 10.1 Å². The fourth-order valence-electron chi connectivity index (χ4n) is 2.52. The van der Waals surface area contributed by atoms with Crippen LogP contribution in [0.4, 0.5) is 0 Å². The van der Waals surface area contributed by atoms with E-state index >= 15 is 0 Å². The van der Waals surface area contributed by atoms with Crippen LogP contribution in [0.15, 0.2) is 22.7 Å². The highest BCUT2D eigenvalue weighted by atomic mass is 79.9. The van der Waals surface area contributed by atoms with Crippen LogP contribution in [0, 0.1) is 0 Å². The monoisotopic (exact) mass is 368 g/mol. The molecule has 1 N–H and O–H groups in total. The lowest BCUT2D eigenvalue weighted by atomic mass is 10.1. The largest absolute Gasteiger partial charge is 0.494 e. The number of amides is 1. The van der Waals surface area contributed by atoms with E-state index < -0.39 is 0 Å². The van der Waals surface area contributed by atoms with Gasteiger partial charge in [-0.2, -0.15) is 0 Å². The molecular weight excluding hydrogens is 344 g/mol. The molecule has 1 aromatic rings. The van der Waals surface area contributed by atoms with E-state index in [-0.39, 0.29) is 5.91 Å². The Bertz CT molecular complexity index is 503. The van der Waals surface area contributed by atoms with Gasteiger partial charge < -0.3 is 15.0 Å². The fraction of sp³-hybridized carbons (Fsp3) is 0.588. The molecule has 0 bridgehead atoms. The van der Waals surface area contributed by atoms with E-state index in [9.17, 15) is 4.79 Å². The molecular formula is C17H25BrN2O2. The number of rotatable bonds is 9. The predicted octanol–water partition coefficient (Wildman–Crippen LogP) is 3.34. The normalized spacial score (nSPS) is 14.0. The molecule has 1 aliphatic carbocycles. The van der Waals surface area contributed by atoms with Gasteiger partial charge in [0.05, 0.1) is 6.61 Å². The Balaban J connectivity index is 2.07. The number of hydrogen-bond acceptors (Lipinski definition) is 3. The van der Waals surface area contributed by atoms with Crippen molar-refractivity contribution in [1.82, 2.24) is 10.2 Å². The molecule has 0 saturated heterocycles. The third-order valence-electron chi connectivity index (χ3n) is 3.79. The van der Waals surface area contributed by atoms with Crippen LogP contribution in [-0.4, -0.2) is 37.0 Å². The summed E-state index contributed by atoms with van der Waals surface area (Å²) < 4.78 is 6.72. The highest BCUT2D eigenvalue weighted by Crippen LogP contribution is 2.32. The zero-order valence-corrected chi connectivity index (χ0v) is 15.0. The van der Waals surface area contributed by atoms with Gasteiger partial charge in [0.15, 0.2) is 0 Å². The Morgan fingerprint density at radius 3 is 2.86 bits per heavy atom. The van der Waals surface area contributed by atoms with Crippen LogP contribution in [0.2, 0.25) is 0 Å². The standard InChI is InChI=1S/C17H25BrN2O2/c1-3-22-16-9-6-14(18)11-13(16)12-20(15-7-8-15)17(21)5-4-10-19-2/h6,9,11,15,19H,3-5,7-8,10,12H2,1-2H3. The molecule has 0 spiro atoms. The number of carbonyl (C=O) groups excluding carboxylic acids is 1. The van der Waals surface area contributed by atoms with Gasteiger partial charge in [0.25, 0.3) is 0 Å². The average molecular weight is 369 g/mol. The fourth-order valence-corrected chi connectivity index (χ4v) is 2.93. The molecule has 0 unspecified atom stereocenters. The number of nitrogens with zero attached hydrogens (tertiary/aromatic N) is 1. The van der Waals surface area contributed by atoms with Crippen molar-refractivity contribution in [2.24, 2.45) is 0 Å². The summed E-state index contributed by atoms with van der Waals surface area (Å²) in [6, 6.07) is 6.42. The van der Waals surface area contributed by atoms with Gasteiger partial charge in [0, 0.05) is 29.0 Å². The molecule has 0 radical (unpaired) electrons. The summed E-state index contributed by atoms with van der Waals surface area (Å²) >= 11 is 3.51. The van der Waals surface area contributed by atoms with E-state index in [0.717, 1.165) is 41.6 Å². The first-order chi connectivity index (χ1) is 10.7. The van der Waals surface area contributed by atoms with E-state index in [4.69, 9.17) is 4.74 Å². The zero-order chi connectivity index (χ0) is 15.9. The summed E-state index contributed by atoms with van der Waals surface area (Å²) in [6.07, 6.45) is 3.73. The highest BCUT2D eigenvalue weighted by molar-refractivity contribution is 9.10. The van der Waals surface area contributed by atoms with Crippen molar-refractivity contribution in [1.29, 1.82) is 0 Å². The predicted molar refractivity (Wildman–Crippen MR) is 92.0 cm³/mol. The maximum absolute atomic E-state index is 12.5. The van der Waals surface area contributed by atoms with E-state index in [1.54, 1.807) is 0 Å². The summed E-state index contributed by atoms with van der Waals surface area (Å²) in [6.45, 7) is 4.13. The Labute approximate surface area is 141 Å². The van der Waals surface area contributed by atoms with Crippen molar-refractivity contribution >= 4 is 21.8 Å². The second kappa shape index (κ2) is 8.53. The molecule has 1 fully saturated rings. The van der Waals surface area contributed by atoms with Gasteiger partial charge in [0.1, 0.15) is 5.75 Å². The van der Waals surface area contributed by atoms with Crippen LogP contribution in [0.25, 0.3) is 0 Å². The summed E-state index contributed by atoms with van der Waals surface area (Å²) in [4.78, 5) is 14.5. The molecule has 1 aliphatic rings. The Hall–Kier alpha value is -1.07. The van der Waals surface area contributed by atoms with Gasteiger partial charge in [-0.05, 0) is 58.0 Å².